The lowest BCUT2D eigenvalue weighted by molar-refractivity contribution is 0.415. The number of halogens is 1. The Morgan fingerprint density at radius 3 is 2.75 bits per heavy atom. The van der Waals surface area contributed by atoms with E-state index in [1.807, 2.05) is 30.3 Å². The molecule has 0 spiro atoms. The van der Waals surface area contributed by atoms with Crippen LogP contribution in [0.3, 0.4) is 0 Å². The van der Waals surface area contributed by atoms with Crippen molar-refractivity contribution in [3.05, 3.63) is 71.1 Å². The molecule has 0 saturated carbocycles. The van der Waals surface area contributed by atoms with Gasteiger partial charge in [0.1, 0.15) is 23.1 Å². The summed E-state index contributed by atoms with van der Waals surface area (Å²) in [7, 11) is 0. The Bertz CT molecular complexity index is 927. The minimum atomic E-state index is 0.0621. The fraction of sp³-hybridized carbons (Fsp3) is 0. The first-order valence-corrected chi connectivity index (χ1v) is 7.43. The molecular formula is C18H12ClN3O2. The molecule has 0 atom stereocenters. The molecular weight excluding hydrogens is 326 g/mol. The van der Waals surface area contributed by atoms with E-state index >= 15 is 0 Å². The number of hydrogen-bond donors (Lipinski definition) is 2. The van der Waals surface area contributed by atoms with Gasteiger partial charge >= 0.3 is 0 Å². The number of anilines is 1. The molecule has 0 radical (unpaired) electrons. The molecule has 3 rings (SSSR count). The van der Waals surface area contributed by atoms with Crippen LogP contribution < -0.4 is 5.32 Å². The lowest BCUT2D eigenvalue weighted by Gasteiger charge is -2.03. The van der Waals surface area contributed by atoms with E-state index in [0.29, 0.717) is 27.7 Å². The zero-order valence-corrected chi connectivity index (χ0v) is 13.2. The minimum absolute atomic E-state index is 0.0621. The van der Waals surface area contributed by atoms with Gasteiger partial charge in [-0.25, -0.2) is 0 Å². The van der Waals surface area contributed by atoms with E-state index in [1.54, 1.807) is 24.4 Å². The molecule has 5 nitrogen and oxygen atoms in total. The van der Waals surface area contributed by atoms with E-state index in [-0.39, 0.29) is 5.75 Å². The molecule has 1 heterocycles. The second-order valence-electron chi connectivity index (χ2n) is 4.89. The molecule has 2 N–H and O–H groups in total. The topological polar surface area (TPSA) is 82.1 Å². The monoisotopic (exact) mass is 337 g/mol. The average molecular weight is 338 g/mol. The smallest absolute Gasteiger partial charge is 0.179 e. The normalized spacial score (nSPS) is 10.7. The number of nitriles is 1. The zero-order valence-electron chi connectivity index (χ0n) is 12.4. The van der Waals surface area contributed by atoms with Crippen LogP contribution in [0.25, 0.3) is 17.3 Å². The van der Waals surface area contributed by atoms with Crippen molar-refractivity contribution in [2.24, 2.45) is 0 Å². The predicted molar refractivity (Wildman–Crippen MR) is 92.4 cm³/mol. The van der Waals surface area contributed by atoms with Crippen LogP contribution in [0.4, 0.5) is 5.69 Å². The van der Waals surface area contributed by atoms with Gasteiger partial charge in [0.15, 0.2) is 5.76 Å². The molecule has 0 saturated heterocycles. The molecule has 118 valence electrons. The molecule has 0 aliphatic heterocycles. The van der Waals surface area contributed by atoms with Crippen molar-refractivity contribution in [3.63, 3.8) is 0 Å². The van der Waals surface area contributed by atoms with Crippen LogP contribution in [0.5, 0.6) is 5.75 Å². The Labute approximate surface area is 143 Å². The average Bonchev–Trinajstić information content (AvgIpc) is 3.01. The van der Waals surface area contributed by atoms with Crippen molar-refractivity contribution in [2.45, 2.75) is 0 Å². The summed E-state index contributed by atoms with van der Waals surface area (Å²) in [4.78, 5) is 0. The van der Waals surface area contributed by atoms with Gasteiger partial charge in [0.05, 0.1) is 5.69 Å². The summed E-state index contributed by atoms with van der Waals surface area (Å²) in [5, 5.41) is 26.5. The predicted octanol–water partition coefficient (Wildman–Crippen LogP) is 4.66. The molecule has 3 aromatic rings. The Balaban J connectivity index is 1.85. The largest absolute Gasteiger partial charge is 0.506 e. The lowest BCUT2D eigenvalue weighted by atomic mass is 10.1. The number of phenolic OH excluding ortho intramolecular Hbond substituents is 1. The van der Waals surface area contributed by atoms with Crippen molar-refractivity contribution in [3.8, 4) is 23.1 Å². The fourth-order valence-electron chi connectivity index (χ4n) is 2.15. The van der Waals surface area contributed by atoms with Crippen LogP contribution >= 0.6 is 11.6 Å². The van der Waals surface area contributed by atoms with E-state index in [2.05, 4.69) is 16.5 Å². The molecule has 0 aliphatic carbocycles. The Morgan fingerprint density at radius 1 is 1.21 bits per heavy atom. The van der Waals surface area contributed by atoms with E-state index in [0.717, 1.165) is 5.56 Å². The van der Waals surface area contributed by atoms with Crippen molar-refractivity contribution in [1.29, 1.82) is 5.26 Å². The second kappa shape index (κ2) is 6.90. The Kier molecular flexibility index (Phi) is 4.50. The second-order valence-corrected chi connectivity index (χ2v) is 5.32. The van der Waals surface area contributed by atoms with E-state index in [4.69, 9.17) is 16.1 Å². The van der Waals surface area contributed by atoms with Crippen LogP contribution in [0, 0.1) is 11.3 Å². The number of benzene rings is 2. The first-order chi connectivity index (χ1) is 11.7. The summed E-state index contributed by atoms with van der Waals surface area (Å²) in [5.41, 5.74) is 2.08. The zero-order chi connectivity index (χ0) is 16.9. The third-order valence-electron chi connectivity index (χ3n) is 3.31. The number of nitrogens with one attached hydrogen (secondary N) is 1. The van der Waals surface area contributed by atoms with Crippen LogP contribution in [0.15, 0.2) is 59.3 Å². The van der Waals surface area contributed by atoms with Gasteiger partial charge in [0.2, 0.25) is 0 Å². The molecule has 24 heavy (non-hydrogen) atoms. The van der Waals surface area contributed by atoms with Crippen molar-refractivity contribution in [1.82, 2.24) is 5.16 Å². The van der Waals surface area contributed by atoms with E-state index in [1.165, 1.54) is 6.07 Å². The summed E-state index contributed by atoms with van der Waals surface area (Å²) in [6.07, 6.45) is 3.11. The molecule has 2 aromatic carbocycles. The Morgan fingerprint density at radius 2 is 2.00 bits per heavy atom. The van der Waals surface area contributed by atoms with E-state index in [9.17, 15) is 10.4 Å². The standard InChI is InChI=1S/C18H12ClN3O2/c19-13-6-7-16(23)15(10-13)21-9-8-17-14(11-20)18(22-24-17)12-4-2-1-3-5-12/h1-10,21,23H. The number of nitrogens with zero attached hydrogens (tertiary/aromatic N) is 2. The number of phenols is 1. The quantitative estimate of drug-likeness (QED) is 0.677. The number of rotatable bonds is 4. The van der Waals surface area contributed by atoms with Crippen molar-refractivity contribution in [2.75, 3.05) is 5.32 Å². The third kappa shape index (κ3) is 3.24. The molecule has 0 aliphatic rings. The molecule has 0 amide bonds. The van der Waals surface area contributed by atoms with Crippen LogP contribution in [0.1, 0.15) is 11.3 Å². The number of hydrogen-bond acceptors (Lipinski definition) is 5. The highest BCUT2D eigenvalue weighted by Crippen LogP contribution is 2.28. The maximum atomic E-state index is 9.74. The lowest BCUT2D eigenvalue weighted by Crippen LogP contribution is -1.88. The highest BCUT2D eigenvalue weighted by atomic mass is 35.5. The molecule has 0 bridgehead atoms. The van der Waals surface area contributed by atoms with Crippen LogP contribution in [0.2, 0.25) is 5.02 Å². The SMILES string of the molecule is N#Cc1c(-c2ccccc2)noc1C=CNc1cc(Cl)ccc1O. The van der Waals surface area contributed by atoms with Crippen LogP contribution in [-0.4, -0.2) is 10.3 Å². The Hall–Kier alpha value is -3.23. The van der Waals surface area contributed by atoms with Gasteiger partial charge in [-0.15, -0.1) is 0 Å². The fourth-order valence-corrected chi connectivity index (χ4v) is 2.32. The van der Waals surface area contributed by atoms with Crippen molar-refractivity contribution >= 4 is 23.4 Å². The molecule has 0 fully saturated rings. The number of aromatic nitrogens is 1. The van der Waals surface area contributed by atoms with Gasteiger partial charge in [-0.2, -0.15) is 5.26 Å². The summed E-state index contributed by atoms with van der Waals surface area (Å²) in [6.45, 7) is 0. The highest BCUT2D eigenvalue weighted by Gasteiger charge is 2.15. The van der Waals surface area contributed by atoms with Gasteiger partial charge in [-0.05, 0) is 18.2 Å². The maximum absolute atomic E-state index is 9.74. The van der Waals surface area contributed by atoms with Crippen molar-refractivity contribution < 1.29 is 9.63 Å². The highest BCUT2D eigenvalue weighted by molar-refractivity contribution is 6.30. The summed E-state index contributed by atoms with van der Waals surface area (Å²) in [6, 6.07) is 16.1. The third-order valence-corrected chi connectivity index (χ3v) is 3.54. The molecule has 0 unspecified atom stereocenters. The van der Waals surface area contributed by atoms with Gasteiger partial charge in [-0.3, -0.25) is 0 Å². The summed E-state index contributed by atoms with van der Waals surface area (Å²) >= 11 is 5.88. The summed E-state index contributed by atoms with van der Waals surface area (Å²) < 4.78 is 5.25. The van der Waals surface area contributed by atoms with Gasteiger partial charge < -0.3 is 14.9 Å². The number of aromatic hydroxyl groups is 1. The van der Waals surface area contributed by atoms with Crippen LogP contribution in [-0.2, 0) is 0 Å². The summed E-state index contributed by atoms with van der Waals surface area (Å²) in [5.74, 6) is 0.387. The van der Waals surface area contributed by atoms with Gasteiger partial charge in [-0.1, -0.05) is 47.1 Å². The van der Waals surface area contributed by atoms with Gasteiger partial charge in [0, 0.05) is 22.9 Å². The maximum Gasteiger partial charge on any atom is 0.179 e. The van der Waals surface area contributed by atoms with Gasteiger partial charge in [0.25, 0.3) is 0 Å². The first-order valence-electron chi connectivity index (χ1n) is 7.06. The van der Waals surface area contributed by atoms with E-state index < -0.39 is 0 Å². The first kappa shape index (κ1) is 15.7. The minimum Gasteiger partial charge on any atom is -0.506 e. The molecule has 1 aromatic heterocycles. The molecule has 6 heteroatoms.